The molecule has 7 heteroatoms. The lowest BCUT2D eigenvalue weighted by Gasteiger charge is -2.42. The molecule has 0 aliphatic carbocycles. The van der Waals surface area contributed by atoms with Crippen LogP contribution in [0.1, 0.15) is 57.9 Å². The highest BCUT2D eigenvalue weighted by molar-refractivity contribution is 14.0. The van der Waals surface area contributed by atoms with Gasteiger partial charge in [0.1, 0.15) is 0 Å². The van der Waals surface area contributed by atoms with Gasteiger partial charge >= 0.3 is 6.03 Å². The maximum Gasteiger partial charge on any atom is 0.321 e. The Labute approximate surface area is 198 Å². The smallest absolute Gasteiger partial charge is 0.321 e. The summed E-state index contributed by atoms with van der Waals surface area (Å²) in [4.78, 5) is 21.1. The molecule has 30 heavy (non-hydrogen) atoms. The molecule has 2 saturated heterocycles. The van der Waals surface area contributed by atoms with Gasteiger partial charge in [-0.15, -0.1) is 24.0 Å². The minimum Gasteiger partial charge on any atom is -0.352 e. The van der Waals surface area contributed by atoms with Gasteiger partial charge in [-0.3, -0.25) is 4.99 Å². The van der Waals surface area contributed by atoms with Crippen molar-refractivity contribution in [3.8, 4) is 0 Å². The molecule has 2 aliphatic heterocycles. The van der Waals surface area contributed by atoms with E-state index in [0.29, 0.717) is 12.0 Å². The van der Waals surface area contributed by atoms with Crippen LogP contribution in [-0.4, -0.2) is 55.0 Å². The zero-order chi connectivity index (χ0) is 20.7. The van der Waals surface area contributed by atoms with E-state index in [1.807, 2.05) is 30.1 Å². The standard InChI is InChI=1S/C23H37N5O.HI/c1-4-11-23(2)12-8-15-28(18-23)21(24-3)25-17-19-9-7-10-20(16-19)26-22(29)27-13-5-6-14-27;/h7,9-10,16H,4-6,8,11-15,17-18H2,1-3H3,(H,24,25)(H,26,29);1H. The maximum absolute atomic E-state index is 12.3. The number of piperidine rings is 1. The summed E-state index contributed by atoms with van der Waals surface area (Å²) in [6.07, 6.45) is 7.21. The van der Waals surface area contributed by atoms with Crippen LogP contribution in [0.3, 0.4) is 0 Å². The van der Waals surface area contributed by atoms with Gasteiger partial charge in [0.05, 0.1) is 0 Å². The van der Waals surface area contributed by atoms with Gasteiger partial charge in [-0.25, -0.2) is 4.79 Å². The zero-order valence-electron chi connectivity index (χ0n) is 18.7. The molecule has 1 unspecified atom stereocenters. The van der Waals surface area contributed by atoms with Crippen molar-refractivity contribution in [1.29, 1.82) is 0 Å². The van der Waals surface area contributed by atoms with Crippen molar-refractivity contribution in [2.24, 2.45) is 10.4 Å². The van der Waals surface area contributed by atoms with Crippen molar-refractivity contribution >= 4 is 41.7 Å². The lowest BCUT2D eigenvalue weighted by Crippen LogP contribution is -2.49. The molecule has 1 atom stereocenters. The van der Waals surface area contributed by atoms with Crippen LogP contribution < -0.4 is 10.6 Å². The van der Waals surface area contributed by atoms with Crippen molar-refractivity contribution in [3.63, 3.8) is 0 Å². The van der Waals surface area contributed by atoms with E-state index in [1.165, 1.54) is 25.7 Å². The molecule has 0 radical (unpaired) electrons. The normalized spacial score (nSPS) is 21.9. The van der Waals surface area contributed by atoms with Crippen LogP contribution >= 0.6 is 24.0 Å². The topological polar surface area (TPSA) is 60.0 Å². The fraction of sp³-hybridized carbons (Fsp3) is 0.652. The first kappa shape index (κ1) is 24.8. The summed E-state index contributed by atoms with van der Waals surface area (Å²) >= 11 is 0. The van der Waals surface area contributed by atoms with Crippen LogP contribution in [-0.2, 0) is 6.54 Å². The fourth-order valence-electron chi connectivity index (χ4n) is 4.70. The summed E-state index contributed by atoms with van der Waals surface area (Å²) in [5, 5.41) is 6.56. The number of hydrogen-bond donors (Lipinski definition) is 2. The second kappa shape index (κ2) is 11.8. The highest BCUT2D eigenvalue weighted by Gasteiger charge is 2.31. The van der Waals surface area contributed by atoms with Crippen LogP contribution in [0, 0.1) is 5.41 Å². The van der Waals surface area contributed by atoms with Crippen molar-refractivity contribution < 1.29 is 4.79 Å². The lowest BCUT2D eigenvalue weighted by atomic mass is 9.78. The van der Waals surface area contributed by atoms with Crippen LogP contribution in [0.2, 0.25) is 0 Å². The predicted molar refractivity (Wildman–Crippen MR) is 136 cm³/mol. The number of guanidine groups is 1. The van der Waals surface area contributed by atoms with Crippen LogP contribution in [0.5, 0.6) is 0 Å². The Kier molecular flexibility index (Phi) is 9.71. The van der Waals surface area contributed by atoms with Crippen molar-refractivity contribution in [2.75, 3.05) is 38.5 Å². The molecular formula is C23H38IN5O. The monoisotopic (exact) mass is 527 g/mol. The Morgan fingerprint density at radius 2 is 1.90 bits per heavy atom. The van der Waals surface area contributed by atoms with E-state index in [2.05, 4.69) is 40.4 Å². The van der Waals surface area contributed by atoms with E-state index >= 15 is 0 Å². The number of nitrogens with one attached hydrogen (secondary N) is 2. The summed E-state index contributed by atoms with van der Waals surface area (Å²) in [5.41, 5.74) is 2.37. The third-order valence-electron chi connectivity index (χ3n) is 6.17. The molecule has 2 amide bonds. The number of aliphatic imine (C=N–C) groups is 1. The lowest BCUT2D eigenvalue weighted by molar-refractivity contribution is 0.142. The maximum atomic E-state index is 12.3. The molecule has 2 heterocycles. The van der Waals surface area contributed by atoms with Crippen molar-refractivity contribution in [1.82, 2.24) is 15.1 Å². The van der Waals surface area contributed by atoms with Gasteiger partial charge in [-0.2, -0.15) is 0 Å². The highest BCUT2D eigenvalue weighted by Crippen LogP contribution is 2.33. The molecule has 3 rings (SSSR count). The van der Waals surface area contributed by atoms with Gasteiger partial charge in [-0.1, -0.05) is 32.4 Å². The largest absolute Gasteiger partial charge is 0.352 e. The number of anilines is 1. The van der Waals surface area contributed by atoms with Gasteiger partial charge in [-0.05, 0) is 55.2 Å². The number of benzene rings is 1. The number of rotatable bonds is 5. The van der Waals surface area contributed by atoms with E-state index in [9.17, 15) is 4.79 Å². The van der Waals surface area contributed by atoms with Crippen molar-refractivity contribution in [2.45, 2.75) is 58.9 Å². The molecule has 2 aliphatic rings. The number of amides is 2. The molecule has 2 fully saturated rings. The number of halogens is 1. The van der Waals surface area contributed by atoms with Crippen LogP contribution in [0.15, 0.2) is 29.3 Å². The Morgan fingerprint density at radius 1 is 1.17 bits per heavy atom. The van der Waals surface area contributed by atoms with Crippen LogP contribution in [0.4, 0.5) is 10.5 Å². The summed E-state index contributed by atoms with van der Waals surface area (Å²) < 4.78 is 0. The Hall–Kier alpha value is -1.51. The summed E-state index contributed by atoms with van der Waals surface area (Å²) in [7, 11) is 1.86. The zero-order valence-corrected chi connectivity index (χ0v) is 21.1. The van der Waals surface area contributed by atoms with E-state index in [4.69, 9.17) is 0 Å². The molecule has 1 aromatic carbocycles. The van der Waals surface area contributed by atoms with Gasteiger partial charge in [0, 0.05) is 45.5 Å². The number of carbonyl (C=O) groups excluding carboxylic acids is 1. The molecule has 6 nitrogen and oxygen atoms in total. The van der Waals surface area contributed by atoms with Crippen molar-refractivity contribution in [3.05, 3.63) is 29.8 Å². The van der Waals surface area contributed by atoms with Gasteiger partial charge in [0.25, 0.3) is 0 Å². The second-order valence-electron chi connectivity index (χ2n) is 8.81. The quantitative estimate of drug-likeness (QED) is 0.325. The summed E-state index contributed by atoms with van der Waals surface area (Å²) in [6.45, 7) is 9.21. The van der Waals surface area contributed by atoms with Crippen LogP contribution in [0.25, 0.3) is 0 Å². The third kappa shape index (κ3) is 6.75. The van der Waals surface area contributed by atoms with Gasteiger partial charge in [0.15, 0.2) is 5.96 Å². The number of hydrogen-bond acceptors (Lipinski definition) is 2. The Morgan fingerprint density at radius 3 is 2.60 bits per heavy atom. The third-order valence-corrected chi connectivity index (χ3v) is 6.17. The fourth-order valence-corrected chi connectivity index (χ4v) is 4.70. The van der Waals surface area contributed by atoms with E-state index in [0.717, 1.165) is 56.2 Å². The van der Waals surface area contributed by atoms with E-state index in [-0.39, 0.29) is 30.0 Å². The van der Waals surface area contributed by atoms with E-state index in [1.54, 1.807) is 0 Å². The number of carbonyl (C=O) groups is 1. The Balaban J connectivity index is 0.00000320. The molecular weight excluding hydrogens is 489 g/mol. The molecule has 1 aromatic rings. The minimum atomic E-state index is 0. The number of urea groups is 1. The molecule has 0 saturated carbocycles. The summed E-state index contributed by atoms with van der Waals surface area (Å²) in [5.74, 6) is 0.971. The number of nitrogens with zero attached hydrogens (tertiary/aromatic N) is 3. The Bertz CT molecular complexity index is 715. The first-order valence-electron chi connectivity index (χ1n) is 11.1. The first-order valence-corrected chi connectivity index (χ1v) is 11.1. The van der Waals surface area contributed by atoms with Gasteiger partial charge < -0.3 is 20.4 Å². The SMILES string of the molecule is CCCC1(C)CCCN(C(=NC)NCc2cccc(NC(=O)N3CCCC3)c2)C1.I. The molecule has 168 valence electrons. The highest BCUT2D eigenvalue weighted by atomic mass is 127. The molecule has 0 spiro atoms. The van der Waals surface area contributed by atoms with E-state index < -0.39 is 0 Å². The molecule has 0 bridgehead atoms. The molecule has 2 N–H and O–H groups in total. The average molecular weight is 527 g/mol. The molecule has 0 aromatic heterocycles. The first-order chi connectivity index (χ1) is 14.0. The second-order valence-corrected chi connectivity index (χ2v) is 8.81. The minimum absolute atomic E-state index is 0. The predicted octanol–water partition coefficient (Wildman–Crippen LogP) is 4.91. The van der Waals surface area contributed by atoms with Gasteiger partial charge in [0.2, 0.25) is 0 Å². The summed E-state index contributed by atoms with van der Waals surface area (Å²) in [6, 6.07) is 8.09. The average Bonchev–Trinajstić information content (AvgIpc) is 3.24. The number of likely N-dealkylation sites (tertiary alicyclic amines) is 2.